The van der Waals surface area contributed by atoms with Crippen molar-refractivity contribution in [2.45, 2.75) is 32.9 Å². The second-order valence-corrected chi connectivity index (χ2v) is 6.92. The average molecular weight is 346 g/mol. The Balaban J connectivity index is 1.56. The molecule has 0 radical (unpaired) electrons. The van der Waals surface area contributed by atoms with Crippen molar-refractivity contribution >= 4 is 27.8 Å². The number of imidazole rings is 1. The van der Waals surface area contributed by atoms with Crippen LogP contribution in [0.5, 0.6) is 0 Å². The molecule has 1 unspecified atom stereocenters. The molecule has 0 aliphatic rings. The number of aromatic nitrogens is 3. The standard InChI is InChI=1S/C21H22N4O/c1-13(2)25-11-10-15-12-16(8-9-19(15)25)21(26)22-14(3)20-23-17-6-4-5-7-18(17)24-20/h4-14H,1-3H3,(H,22,26)(H,23,24). The SMILES string of the molecule is CC(NC(=O)c1ccc2c(ccn2C(C)C)c1)c1nc2ccccc2[nH]1. The first-order chi connectivity index (χ1) is 12.5. The topological polar surface area (TPSA) is 62.7 Å². The van der Waals surface area contributed by atoms with E-state index in [0.717, 1.165) is 27.8 Å². The van der Waals surface area contributed by atoms with Crippen LogP contribution in [0.4, 0.5) is 0 Å². The minimum absolute atomic E-state index is 0.0999. The van der Waals surface area contributed by atoms with Gasteiger partial charge in [-0.3, -0.25) is 4.79 Å². The molecule has 1 amide bonds. The normalized spacial score (nSPS) is 12.8. The first-order valence-electron chi connectivity index (χ1n) is 8.89. The fourth-order valence-electron chi connectivity index (χ4n) is 3.28. The van der Waals surface area contributed by atoms with Crippen molar-refractivity contribution in [3.05, 3.63) is 66.1 Å². The smallest absolute Gasteiger partial charge is 0.251 e. The van der Waals surface area contributed by atoms with Crippen molar-refractivity contribution in [1.82, 2.24) is 19.9 Å². The second-order valence-electron chi connectivity index (χ2n) is 6.92. The lowest BCUT2D eigenvalue weighted by Gasteiger charge is -2.12. The lowest BCUT2D eigenvalue weighted by Crippen LogP contribution is -2.27. The van der Waals surface area contributed by atoms with Crippen LogP contribution in [0.2, 0.25) is 0 Å². The minimum Gasteiger partial charge on any atom is -0.345 e. The number of carbonyl (C=O) groups is 1. The maximum absolute atomic E-state index is 12.7. The number of amides is 1. The number of benzene rings is 2. The van der Waals surface area contributed by atoms with Gasteiger partial charge in [-0.1, -0.05) is 12.1 Å². The Labute approximate surface area is 152 Å². The summed E-state index contributed by atoms with van der Waals surface area (Å²) >= 11 is 0. The molecular weight excluding hydrogens is 324 g/mol. The Morgan fingerprint density at radius 1 is 1.12 bits per heavy atom. The van der Waals surface area contributed by atoms with Crippen molar-refractivity contribution in [1.29, 1.82) is 0 Å². The van der Waals surface area contributed by atoms with Crippen LogP contribution in [0.25, 0.3) is 21.9 Å². The first kappa shape index (κ1) is 16.4. The molecule has 2 aromatic heterocycles. The maximum atomic E-state index is 12.7. The molecule has 2 aromatic carbocycles. The van der Waals surface area contributed by atoms with Gasteiger partial charge in [0.25, 0.3) is 5.91 Å². The monoisotopic (exact) mass is 346 g/mol. The van der Waals surface area contributed by atoms with Crippen molar-refractivity contribution < 1.29 is 4.79 Å². The Morgan fingerprint density at radius 3 is 2.69 bits per heavy atom. The molecule has 0 spiro atoms. The zero-order chi connectivity index (χ0) is 18.3. The molecule has 0 saturated carbocycles. The van der Waals surface area contributed by atoms with E-state index in [1.54, 1.807) is 0 Å². The van der Waals surface area contributed by atoms with Gasteiger partial charge >= 0.3 is 0 Å². The van der Waals surface area contributed by atoms with Crippen LogP contribution in [-0.2, 0) is 0 Å². The predicted molar refractivity (Wildman–Crippen MR) is 104 cm³/mol. The van der Waals surface area contributed by atoms with E-state index >= 15 is 0 Å². The van der Waals surface area contributed by atoms with Crippen molar-refractivity contribution in [2.24, 2.45) is 0 Å². The number of nitrogens with one attached hydrogen (secondary N) is 2. The average Bonchev–Trinajstić information content (AvgIpc) is 3.25. The van der Waals surface area contributed by atoms with Gasteiger partial charge in [0.2, 0.25) is 0 Å². The molecule has 1 atom stereocenters. The quantitative estimate of drug-likeness (QED) is 0.568. The molecule has 5 nitrogen and oxygen atoms in total. The Hall–Kier alpha value is -3.08. The molecule has 26 heavy (non-hydrogen) atoms. The fourth-order valence-corrected chi connectivity index (χ4v) is 3.28. The van der Waals surface area contributed by atoms with Crippen LogP contribution >= 0.6 is 0 Å². The molecule has 0 saturated heterocycles. The predicted octanol–water partition coefficient (Wildman–Crippen LogP) is 4.59. The minimum atomic E-state index is -0.203. The summed E-state index contributed by atoms with van der Waals surface area (Å²) in [5, 5.41) is 4.10. The molecule has 132 valence electrons. The van der Waals surface area contributed by atoms with Gasteiger partial charge in [0.1, 0.15) is 5.82 Å². The van der Waals surface area contributed by atoms with E-state index in [2.05, 4.69) is 46.0 Å². The third-order valence-corrected chi connectivity index (χ3v) is 4.70. The summed E-state index contributed by atoms with van der Waals surface area (Å²) < 4.78 is 2.20. The third kappa shape index (κ3) is 2.86. The van der Waals surface area contributed by atoms with Crippen molar-refractivity contribution in [3.8, 4) is 0 Å². The number of aromatic amines is 1. The van der Waals surface area contributed by atoms with Crippen LogP contribution in [0, 0.1) is 0 Å². The van der Waals surface area contributed by atoms with Gasteiger partial charge in [-0.25, -0.2) is 4.98 Å². The highest BCUT2D eigenvalue weighted by atomic mass is 16.1. The van der Waals surface area contributed by atoms with Crippen LogP contribution in [0.1, 0.15) is 49.0 Å². The van der Waals surface area contributed by atoms with E-state index in [1.807, 2.05) is 49.4 Å². The van der Waals surface area contributed by atoms with Crippen LogP contribution in [-0.4, -0.2) is 20.4 Å². The first-order valence-corrected chi connectivity index (χ1v) is 8.89. The number of nitrogens with zero attached hydrogens (tertiary/aromatic N) is 2. The van der Waals surface area contributed by atoms with E-state index in [9.17, 15) is 4.79 Å². The lowest BCUT2D eigenvalue weighted by atomic mass is 10.1. The highest BCUT2D eigenvalue weighted by molar-refractivity contribution is 5.98. The molecular formula is C21H22N4O. The molecule has 2 N–H and O–H groups in total. The molecule has 4 rings (SSSR count). The van der Waals surface area contributed by atoms with E-state index in [1.165, 1.54) is 0 Å². The molecule has 4 aromatic rings. The van der Waals surface area contributed by atoms with Crippen molar-refractivity contribution in [3.63, 3.8) is 0 Å². The van der Waals surface area contributed by atoms with Crippen LogP contribution in [0.3, 0.4) is 0 Å². The van der Waals surface area contributed by atoms with Crippen LogP contribution in [0.15, 0.2) is 54.7 Å². The molecule has 0 fully saturated rings. The third-order valence-electron chi connectivity index (χ3n) is 4.70. The maximum Gasteiger partial charge on any atom is 0.251 e. The molecule has 0 bridgehead atoms. The Kier molecular flexibility index (Phi) is 3.99. The number of H-pyrrole nitrogens is 1. The molecule has 2 heterocycles. The number of hydrogen-bond acceptors (Lipinski definition) is 2. The highest BCUT2D eigenvalue weighted by Crippen LogP contribution is 2.22. The summed E-state index contributed by atoms with van der Waals surface area (Å²) in [6.45, 7) is 6.23. The number of hydrogen-bond donors (Lipinski definition) is 2. The van der Waals surface area contributed by atoms with Crippen LogP contribution < -0.4 is 5.32 Å². The summed E-state index contributed by atoms with van der Waals surface area (Å²) in [6, 6.07) is 15.9. The summed E-state index contributed by atoms with van der Waals surface area (Å²) in [5.41, 5.74) is 3.67. The highest BCUT2D eigenvalue weighted by Gasteiger charge is 2.15. The number of rotatable bonds is 4. The number of fused-ring (bicyclic) bond motifs is 2. The number of carbonyl (C=O) groups excluding carboxylic acids is 1. The van der Waals surface area contributed by atoms with E-state index in [0.29, 0.717) is 11.6 Å². The number of para-hydroxylation sites is 2. The largest absolute Gasteiger partial charge is 0.345 e. The fraction of sp³-hybridized carbons (Fsp3) is 0.238. The van der Waals surface area contributed by atoms with E-state index in [-0.39, 0.29) is 11.9 Å². The summed E-state index contributed by atoms with van der Waals surface area (Å²) in [6.07, 6.45) is 2.06. The molecule has 5 heteroatoms. The van der Waals surface area contributed by atoms with Gasteiger partial charge in [-0.15, -0.1) is 0 Å². The summed E-state index contributed by atoms with van der Waals surface area (Å²) in [4.78, 5) is 20.5. The second kappa shape index (κ2) is 6.33. The lowest BCUT2D eigenvalue weighted by molar-refractivity contribution is 0.0938. The van der Waals surface area contributed by atoms with Gasteiger partial charge in [0, 0.05) is 28.7 Å². The zero-order valence-electron chi connectivity index (χ0n) is 15.2. The van der Waals surface area contributed by atoms with E-state index < -0.39 is 0 Å². The van der Waals surface area contributed by atoms with Crippen molar-refractivity contribution in [2.75, 3.05) is 0 Å². The van der Waals surface area contributed by atoms with Gasteiger partial charge in [-0.2, -0.15) is 0 Å². The summed E-state index contributed by atoms with van der Waals surface area (Å²) in [5.74, 6) is 0.656. The zero-order valence-corrected chi connectivity index (χ0v) is 15.2. The molecule has 0 aliphatic heterocycles. The Bertz CT molecular complexity index is 1060. The van der Waals surface area contributed by atoms with Gasteiger partial charge in [-0.05, 0) is 57.2 Å². The van der Waals surface area contributed by atoms with Gasteiger partial charge in [0.15, 0.2) is 0 Å². The Morgan fingerprint density at radius 2 is 1.92 bits per heavy atom. The summed E-state index contributed by atoms with van der Waals surface area (Å²) in [7, 11) is 0. The van der Waals surface area contributed by atoms with Gasteiger partial charge in [0.05, 0.1) is 17.1 Å². The molecule has 0 aliphatic carbocycles. The van der Waals surface area contributed by atoms with E-state index in [4.69, 9.17) is 0 Å². The van der Waals surface area contributed by atoms with Gasteiger partial charge < -0.3 is 14.9 Å².